The number of nitrogens with one attached hydrogen (secondary N) is 1. The minimum atomic E-state index is -0.666. The summed E-state index contributed by atoms with van der Waals surface area (Å²) in [5.41, 5.74) is -0.863. The van der Waals surface area contributed by atoms with E-state index in [1.165, 1.54) is 12.1 Å². The van der Waals surface area contributed by atoms with Gasteiger partial charge in [-0.15, -0.1) is 0 Å². The first-order valence-corrected chi connectivity index (χ1v) is 5.71. The number of nitrogens with zero attached hydrogens (tertiary/aromatic N) is 1. The van der Waals surface area contributed by atoms with Crippen molar-refractivity contribution in [1.29, 1.82) is 0 Å². The van der Waals surface area contributed by atoms with Crippen LogP contribution in [-0.2, 0) is 0 Å². The molecular formula is C12H17FN2O3. The highest BCUT2D eigenvalue weighted by atomic mass is 19.1. The molecule has 6 heteroatoms. The quantitative estimate of drug-likeness (QED) is 0.606. The normalized spacial score (nSPS) is 14.0. The van der Waals surface area contributed by atoms with Crippen LogP contribution in [0.25, 0.3) is 0 Å². The summed E-state index contributed by atoms with van der Waals surface area (Å²) in [4.78, 5) is 10.2. The zero-order chi connectivity index (χ0) is 13.8. The second kappa shape index (κ2) is 5.77. The van der Waals surface area contributed by atoms with Crippen molar-refractivity contribution in [3.63, 3.8) is 0 Å². The fourth-order valence-electron chi connectivity index (χ4n) is 1.43. The van der Waals surface area contributed by atoms with Crippen LogP contribution in [0.5, 0.6) is 0 Å². The third-order valence-electron chi connectivity index (χ3n) is 3.12. The zero-order valence-electron chi connectivity index (χ0n) is 10.4. The Hall–Kier alpha value is -1.69. The maximum absolute atomic E-state index is 13.6. The van der Waals surface area contributed by atoms with E-state index in [-0.39, 0.29) is 24.5 Å². The summed E-state index contributed by atoms with van der Waals surface area (Å²) in [6.07, 6.45) is 0.679. The van der Waals surface area contributed by atoms with Gasteiger partial charge in [0.25, 0.3) is 5.69 Å². The molecule has 18 heavy (non-hydrogen) atoms. The molecule has 0 bridgehead atoms. The molecule has 1 atom stereocenters. The SMILES string of the molecule is CCC(C)(CO)CNc1c(F)cccc1[N+](=O)[O-]. The molecule has 100 valence electrons. The van der Waals surface area contributed by atoms with E-state index in [1.54, 1.807) is 0 Å². The number of hydrogen-bond acceptors (Lipinski definition) is 4. The Morgan fingerprint density at radius 3 is 2.72 bits per heavy atom. The fraction of sp³-hybridized carbons (Fsp3) is 0.500. The summed E-state index contributed by atoms with van der Waals surface area (Å²) in [6, 6.07) is 3.70. The highest BCUT2D eigenvalue weighted by Crippen LogP contribution is 2.29. The van der Waals surface area contributed by atoms with Gasteiger partial charge >= 0.3 is 0 Å². The van der Waals surface area contributed by atoms with E-state index in [4.69, 9.17) is 0 Å². The van der Waals surface area contributed by atoms with Crippen LogP contribution in [0.15, 0.2) is 18.2 Å². The zero-order valence-corrected chi connectivity index (χ0v) is 10.4. The Balaban J connectivity index is 2.94. The van der Waals surface area contributed by atoms with Crippen LogP contribution in [-0.4, -0.2) is 23.2 Å². The number of nitro groups is 1. The first-order chi connectivity index (χ1) is 8.43. The van der Waals surface area contributed by atoms with Crippen LogP contribution in [0.4, 0.5) is 15.8 Å². The second-order valence-electron chi connectivity index (χ2n) is 4.57. The van der Waals surface area contributed by atoms with Crippen molar-refractivity contribution in [2.45, 2.75) is 20.3 Å². The minimum Gasteiger partial charge on any atom is -0.396 e. The summed E-state index contributed by atoms with van der Waals surface area (Å²) in [5.74, 6) is -0.666. The monoisotopic (exact) mass is 256 g/mol. The number of anilines is 1. The predicted molar refractivity (Wildman–Crippen MR) is 67.0 cm³/mol. The standard InChI is InChI=1S/C12H17FN2O3/c1-3-12(2,8-16)7-14-11-9(13)5-4-6-10(11)15(17)18/h4-6,14,16H,3,7-8H2,1-2H3. The summed E-state index contributed by atoms with van der Waals surface area (Å²) in [7, 11) is 0. The molecule has 0 saturated heterocycles. The van der Waals surface area contributed by atoms with Gasteiger partial charge in [0.15, 0.2) is 5.82 Å². The molecular weight excluding hydrogens is 239 g/mol. The van der Waals surface area contributed by atoms with Crippen molar-refractivity contribution in [2.75, 3.05) is 18.5 Å². The first-order valence-electron chi connectivity index (χ1n) is 5.71. The first kappa shape index (κ1) is 14.4. The molecule has 0 heterocycles. The van der Waals surface area contributed by atoms with Crippen LogP contribution >= 0.6 is 0 Å². The van der Waals surface area contributed by atoms with E-state index in [9.17, 15) is 19.6 Å². The number of para-hydroxylation sites is 1. The van der Waals surface area contributed by atoms with E-state index < -0.39 is 16.2 Å². The van der Waals surface area contributed by atoms with Gasteiger partial charge in [-0.25, -0.2) is 4.39 Å². The third-order valence-corrected chi connectivity index (χ3v) is 3.12. The molecule has 0 amide bonds. The van der Waals surface area contributed by atoms with Gasteiger partial charge in [0.1, 0.15) is 5.69 Å². The Bertz CT molecular complexity index is 433. The molecule has 1 aromatic carbocycles. The Morgan fingerprint density at radius 1 is 1.56 bits per heavy atom. The number of halogens is 1. The van der Waals surface area contributed by atoms with Crippen molar-refractivity contribution in [3.05, 3.63) is 34.1 Å². The van der Waals surface area contributed by atoms with Gasteiger partial charge in [-0.3, -0.25) is 10.1 Å². The van der Waals surface area contributed by atoms with Gasteiger partial charge in [-0.1, -0.05) is 19.9 Å². The van der Waals surface area contributed by atoms with Gasteiger partial charge in [0.05, 0.1) is 11.5 Å². The second-order valence-corrected chi connectivity index (χ2v) is 4.57. The summed E-state index contributed by atoms with van der Waals surface area (Å²) in [5, 5.41) is 22.8. The summed E-state index contributed by atoms with van der Waals surface area (Å²) < 4.78 is 13.6. The average molecular weight is 256 g/mol. The average Bonchev–Trinajstić information content (AvgIpc) is 2.36. The van der Waals surface area contributed by atoms with Crippen LogP contribution < -0.4 is 5.32 Å². The molecule has 0 aromatic heterocycles. The van der Waals surface area contributed by atoms with E-state index in [1.807, 2.05) is 13.8 Å². The third kappa shape index (κ3) is 3.16. The van der Waals surface area contributed by atoms with Gasteiger partial charge < -0.3 is 10.4 Å². The minimum absolute atomic E-state index is 0.0707. The number of aliphatic hydroxyl groups excluding tert-OH is 1. The molecule has 0 saturated carbocycles. The van der Waals surface area contributed by atoms with Crippen LogP contribution in [0.2, 0.25) is 0 Å². The van der Waals surface area contributed by atoms with Crippen LogP contribution in [0, 0.1) is 21.3 Å². The number of nitro benzene ring substituents is 1. The van der Waals surface area contributed by atoms with Crippen molar-refractivity contribution in [1.82, 2.24) is 0 Å². The maximum atomic E-state index is 13.6. The van der Waals surface area contributed by atoms with E-state index in [0.29, 0.717) is 6.42 Å². The van der Waals surface area contributed by atoms with Gasteiger partial charge in [0, 0.05) is 18.0 Å². The highest BCUT2D eigenvalue weighted by molar-refractivity contribution is 5.62. The molecule has 0 aliphatic carbocycles. The number of hydrogen-bond donors (Lipinski definition) is 2. The Morgan fingerprint density at radius 2 is 2.22 bits per heavy atom. The predicted octanol–water partition coefficient (Wildman–Crippen LogP) is 2.55. The van der Waals surface area contributed by atoms with E-state index in [2.05, 4.69) is 5.32 Å². The van der Waals surface area contributed by atoms with E-state index >= 15 is 0 Å². The molecule has 5 nitrogen and oxygen atoms in total. The topological polar surface area (TPSA) is 75.4 Å². The number of rotatable bonds is 6. The van der Waals surface area contributed by atoms with Gasteiger partial charge in [-0.2, -0.15) is 0 Å². The lowest BCUT2D eigenvalue weighted by atomic mass is 9.88. The highest BCUT2D eigenvalue weighted by Gasteiger charge is 2.24. The summed E-state index contributed by atoms with van der Waals surface area (Å²) >= 11 is 0. The van der Waals surface area contributed by atoms with Crippen molar-refractivity contribution in [3.8, 4) is 0 Å². The van der Waals surface area contributed by atoms with Gasteiger partial charge in [0.2, 0.25) is 0 Å². The lowest BCUT2D eigenvalue weighted by molar-refractivity contribution is -0.384. The van der Waals surface area contributed by atoms with Crippen molar-refractivity contribution in [2.24, 2.45) is 5.41 Å². The lowest BCUT2D eigenvalue weighted by Gasteiger charge is -2.26. The molecule has 1 rings (SSSR count). The molecule has 0 radical (unpaired) electrons. The molecule has 0 spiro atoms. The van der Waals surface area contributed by atoms with E-state index in [0.717, 1.165) is 6.07 Å². The fourth-order valence-corrected chi connectivity index (χ4v) is 1.43. The van der Waals surface area contributed by atoms with Crippen LogP contribution in [0.3, 0.4) is 0 Å². The molecule has 0 fully saturated rings. The van der Waals surface area contributed by atoms with Crippen molar-refractivity contribution >= 4 is 11.4 Å². The molecule has 0 aliphatic heterocycles. The number of aliphatic hydroxyl groups is 1. The molecule has 2 N–H and O–H groups in total. The van der Waals surface area contributed by atoms with Crippen LogP contribution in [0.1, 0.15) is 20.3 Å². The van der Waals surface area contributed by atoms with Crippen molar-refractivity contribution < 1.29 is 14.4 Å². The summed E-state index contributed by atoms with van der Waals surface area (Å²) in [6.45, 7) is 3.92. The molecule has 1 aromatic rings. The maximum Gasteiger partial charge on any atom is 0.295 e. The molecule has 1 unspecified atom stereocenters. The lowest BCUT2D eigenvalue weighted by Crippen LogP contribution is -2.30. The number of benzene rings is 1. The smallest absolute Gasteiger partial charge is 0.295 e. The van der Waals surface area contributed by atoms with Gasteiger partial charge in [-0.05, 0) is 12.5 Å². The molecule has 0 aliphatic rings. The Labute approximate surface area is 105 Å². The largest absolute Gasteiger partial charge is 0.396 e. The Kier molecular flexibility index (Phi) is 4.61.